The van der Waals surface area contributed by atoms with Crippen LogP contribution in [0.25, 0.3) is 54.6 Å². The van der Waals surface area contributed by atoms with Crippen LogP contribution < -0.4 is 5.73 Å². The summed E-state index contributed by atoms with van der Waals surface area (Å²) in [5, 5.41) is 16.1. The molecule has 2 heteroatoms. The maximum absolute atomic E-state index is 8.95. The van der Waals surface area contributed by atoms with Crippen molar-refractivity contribution in [3.8, 4) is 22.3 Å². The van der Waals surface area contributed by atoms with Gasteiger partial charge < -0.3 is 11.1 Å². The van der Waals surface area contributed by atoms with Gasteiger partial charge >= 0.3 is 0 Å². The topological polar surface area (TPSA) is 49.9 Å². The molecule has 0 amide bonds. The highest BCUT2D eigenvalue weighted by atomic mass is 14.5. The summed E-state index contributed by atoms with van der Waals surface area (Å²) >= 11 is 0. The fourth-order valence-electron chi connectivity index (χ4n) is 5.79. The Morgan fingerprint density at radius 2 is 1.26 bits per heavy atom. The Hall–Kier alpha value is -5.47. The molecule has 0 bridgehead atoms. The van der Waals surface area contributed by atoms with Gasteiger partial charge in [0.05, 0.1) is 5.71 Å². The molecule has 0 spiro atoms. The van der Waals surface area contributed by atoms with Crippen molar-refractivity contribution in [3.05, 3.63) is 169 Å². The SMILES string of the molecule is C=C(/C=C\C(=N)c1ccc2c(-c3ccc4ccccc4c3)c3ccccc3c(-c3ccccc3)c2c1)C(/C=C\N)=C/C. The molecule has 0 aromatic heterocycles. The van der Waals surface area contributed by atoms with Crippen LogP contribution in [-0.2, 0) is 0 Å². The monoisotopic (exact) mass is 540 g/mol. The van der Waals surface area contributed by atoms with E-state index in [9.17, 15) is 0 Å². The van der Waals surface area contributed by atoms with E-state index in [2.05, 4.69) is 122 Å². The van der Waals surface area contributed by atoms with Gasteiger partial charge in [0.2, 0.25) is 0 Å². The average molecular weight is 541 g/mol. The van der Waals surface area contributed by atoms with E-state index in [0.717, 1.165) is 33.0 Å². The van der Waals surface area contributed by atoms with Gasteiger partial charge in [-0.25, -0.2) is 0 Å². The molecule has 0 fully saturated rings. The van der Waals surface area contributed by atoms with E-state index in [1.807, 2.05) is 31.2 Å². The maximum Gasteiger partial charge on any atom is 0.0612 e. The number of allylic oxidation sites excluding steroid dienone is 6. The van der Waals surface area contributed by atoms with Crippen LogP contribution in [0, 0.1) is 5.41 Å². The van der Waals surface area contributed by atoms with E-state index in [1.165, 1.54) is 44.4 Å². The van der Waals surface area contributed by atoms with Crippen LogP contribution in [0.2, 0.25) is 0 Å². The van der Waals surface area contributed by atoms with Gasteiger partial charge in [0.1, 0.15) is 0 Å². The van der Waals surface area contributed by atoms with Gasteiger partial charge in [0.15, 0.2) is 0 Å². The molecule has 6 aromatic rings. The molecule has 0 aliphatic rings. The summed E-state index contributed by atoms with van der Waals surface area (Å²) in [6, 6.07) is 40.8. The lowest BCUT2D eigenvalue weighted by molar-refractivity contribution is 1.47. The lowest BCUT2D eigenvalue weighted by Gasteiger charge is -2.19. The molecule has 0 aliphatic heterocycles. The number of fused-ring (bicyclic) bond motifs is 3. The lowest BCUT2D eigenvalue weighted by atomic mass is 9.84. The Balaban J connectivity index is 1.60. The highest BCUT2D eigenvalue weighted by Gasteiger charge is 2.17. The molecule has 0 radical (unpaired) electrons. The number of benzene rings is 6. The molecule has 0 saturated heterocycles. The second-order valence-corrected chi connectivity index (χ2v) is 10.4. The first kappa shape index (κ1) is 26.7. The molecule has 3 N–H and O–H groups in total. The Kier molecular flexibility index (Phi) is 7.36. The second-order valence-electron chi connectivity index (χ2n) is 10.4. The van der Waals surface area contributed by atoms with Gasteiger partial charge in [-0.15, -0.1) is 0 Å². The van der Waals surface area contributed by atoms with Crippen molar-refractivity contribution >= 4 is 38.0 Å². The molecule has 42 heavy (non-hydrogen) atoms. The quantitative estimate of drug-likeness (QED) is 0.118. The van der Waals surface area contributed by atoms with E-state index in [4.69, 9.17) is 11.1 Å². The van der Waals surface area contributed by atoms with Gasteiger partial charge in [0.25, 0.3) is 0 Å². The van der Waals surface area contributed by atoms with Crippen molar-refractivity contribution in [3.63, 3.8) is 0 Å². The highest BCUT2D eigenvalue weighted by Crippen LogP contribution is 2.44. The first-order chi connectivity index (χ1) is 20.6. The van der Waals surface area contributed by atoms with Crippen LogP contribution in [0.3, 0.4) is 0 Å². The van der Waals surface area contributed by atoms with Gasteiger partial charge in [0, 0.05) is 5.56 Å². The number of hydrogen-bond donors (Lipinski definition) is 2. The number of nitrogens with one attached hydrogen (secondary N) is 1. The molecule has 0 heterocycles. The molecule has 6 rings (SSSR count). The zero-order chi connectivity index (χ0) is 29.1. The molecule has 0 saturated carbocycles. The zero-order valence-corrected chi connectivity index (χ0v) is 23.6. The van der Waals surface area contributed by atoms with Crippen molar-refractivity contribution in [2.24, 2.45) is 5.73 Å². The Labute approximate surface area is 247 Å². The zero-order valence-electron chi connectivity index (χ0n) is 23.6. The van der Waals surface area contributed by atoms with Crippen LogP contribution in [0.4, 0.5) is 0 Å². The molecule has 0 atom stereocenters. The van der Waals surface area contributed by atoms with Crippen molar-refractivity contribution in [1.82, 2.24) is 0 Å². The first-order valence-electron chi connectivity index (χ1n) is 14.1. The first-order valence-corrected chi connectivity index (χ1v) is 14.1. The number of rotatable bonds is 7. The fourth-order valence-corrected chi connectivity index (χ4v) is 5.79. The third kappa shape index (κ3) is 4.95. The summed E-state index contributed by atoms with van der Waals surface area (Å²) in [5.74, 6) is 0. The third-order valence-electron chi connectivity index (χ3n) is 7.84. The van der Waals surface area contributed by atoms with Gasteiger partial charge in [-0.1, -0.05) is 122 Å². The van der Waals surface area contributed by atoms with Gasteiger partial charge in [-0.2, -0.15) is 0 Å². The Bertz CT molecular complexity index is 2070. The summed E-state index contributed by atoms with van der Waals surface area (Å²) in [4.78, 5) is 0. The summed E-state index contributed by atoms with van der Waals surface area (Å²) in [5.41, 5.74) is 13.3. The van der Waals surface area contributed by atoms with Crippen molar-refractivity contribution in [1.29, 1.82) is 5.41 Å². The molecule has 0 unspecified atom stereocenters. The minimum Gasteiger partial charge on any atom is -0.405 e. The maximum atomic E-state index is 8.95. The fraction of sp³-hybridized carbons (Fsp3) is 0.0250. The van der Waals surface area contributed by atoms with E-state index >= 15 is 0 Å². The standard InChI is InChI=1S/C40H32N2/c1-3-28(23-24-41)27(2)17-22-38(42)32-20-21-36-37(26-32)39(30-12-5-4-6-13-30)34-15-9-10-16-35(34)40(36)33-19-18-29-11-7-8-14-31(29)25-33/h3-26,42H,2,41H2,1H3/b22-17-,24-23-,28-3+,42-38?. The largest absolute Gasteiger partial charge is 0.405 e. The van der Waals surface area contributed by atoms with Crippen molar-refractivity contribution in [2.75, 3.05) is 0 Å². The van der Waals surface area contributed by atoms with Crippen LogP contribution in [0.15, 0.2) is 163 Å². The van der Waals surface area contributed by atoms with Crippen LogP contribution in [0.1, 0.15) is 12.5 Å². The minimum atomic E-state index is 0.421. The van der Waals surface area contributed by atoms with Gasteiger partial charge in [-0.05, 0) is 103 Å². The smallest absolute Gasteiger partial charge is 0.0612 e. The summed E-state index contributed by atoms with van der Waals surface area (Å²) in [6.45, 7) is 6.11. The number of hydrogen-bond acceptors (Lipinski definition) is 2. The minimum absolute atomic E-state index is 0.421. The molecular weight excluding hydrogens is 508 g/mol. The molecule has 2 nitrogen and oxygen atoms in total. The summed E-state index contributed by atoms with van der Waals surface area (Å²) < 4.78 is 0. The van der Waals surface area contributed by atoms with E-state index < -0.39 is 0 Å². The summed E-state index contributed by atoms with van der Waals surface area (Å²) in [6.07, 6.45) is 8.97. The van der Waals surface area contributed by atoms with E-state index in [-0.39, 0.29) is 0 Å². The predicted molar refractivity (Wildman–Crippen MR) is 182 cm³/mol. The van der Waals surface area contributed by atoms with Crippen molar-refractivity contribution < 1.29 is 0 Å². The normalized spacial score (nSPS) is 12.2. The molecule has 202 valence electrons. The molecule has 6 aromatic carbocycles. The highest BCUT2D eigenvalue weighted by molar-refractivity contribution is 6.23. The van der Waals surface area contributed by atoms with Gasteiger partial charge in [-0.3, -0.25) is 0 Å². The van der Waals surface area contributed by atoms with Crippen LogP contribution in [-0.4, -0.2) is 5.71 Å². The lowest BCUT2D eigenvalue weighted by Crippen LogP contribution is -1.97. The van der Waals surface area contributed by atoms with E-state index in [1.54, 1.807) is 0 Å². The number of nitrogens with two attached hydrogens (primary N) is 1. The van der Waals surface area contributed by atoms with Crippen LogP contribution in [0.5, 0.6) is 0 Å². The molecular formula is C40H32N2. The second kappa shape index (κ2) is 11.6. The Morgan fingerprint density at radius 3 is 1.98 bits per heavy atom. The third-order valence-corrected chi connectivity index (χ3v) is 7.84. The Morgan fingerprint density at radius 1 is 0.619 bits per heavy atom. The average Bonchev–Trinajstić information content (AvgIpc) is 3.04. The summed E-state index contributed by atoms with van der Waals surface area (Å²) in [7, 11) is 0. The molecule has 0 aliphatic carbocycles. The van der Waals surface area contributed by atoms with E-state index in [0.29, 0.717) is 5.71 Å². The van der Waals surface area contributed by atoms with Crippen LogP contribution >= 0.6 is 0 Å². The van der Waals surface area contributed by atoms with Crippen molar-refractivity contribution in [2.45, 2.75) is 6.92 Å². The predicted octanol–water partition coefficient (Wildman–Crippen LogP) is 10.4.